The smallest absolute Gasteiger partial charge is 0.284 e. The topological polar surface area (TPSA) is 86.2 Å². The van der Waals surface area contributed by atoms with Gasteiger partial charge < -0.3 is 33.3 Å². The lowest BCUT2D eigenvalue weighted by molar-refractivity contribution is -0.407. The fraction of sp³-hybridized carbons (Fsp3) is 0.286. The molecule has 0 heterocycles. The molecule has 2 aromatic carbocycles. The number of hydrogen-bond donors (Lipinski definition) is 3. The summed E-state index contributed by atoms with van der Waals surface area (Å²) in [4.78, 5) is 12.0. The quantitative estimate of drug-likeness (QED) is 0.572. The van der Waals surface area contributed by atoms with Crippen molar-refractivity contribution in [3.63, 3.8) is 0 Å². The van der Waals surface area contributed by atoms with E-state index in [0.717, 1.165) is 33.7 Å². The minimum Gasteiger partial charge on any atom is -1.00 e. The van der Waals surface area contributed by atoms with Crippen LogP contribution in [0.4, 0.5) is 5.69 Å². The molecule has 0 saturated carbocycles. The average Bonchev–Trinajstić information content (AvgIpc) is 2.63. The van der Waals surface area contributed by atoms with Crippen molar-refractivity contribution in [2.24, 2.45) is 0 Å². The van der Waals surface area contributed by atoms with E-state index in [1.165, 1.54) is 5.56 Å². The Morgan fingerprint density at radius 2 is 1.81 bits per heavy atom. The minimum atomic E-state index is -0.684. The van der Waals surface area contributed by atoms with Gasteiger partial charge in [0.15, 0.2) is 6.04 Å². The van der Waals surface area contributed by atoms with Crippen molar-refractivity contribution in [2.75, 3.05) is 19.0 Å². The van der Waals surface area contributed by atoms with Gasteiger partial charge in [0.1, 0.15) is 12.4 Å². The van der Waals surface area contributed by atoms with E-state index in [1.54, 1.807) is 7.11 Å². The summed E-state index contributed by atoms with van der Waals surface area (Å²) in [7, 11) is 1.67. The second-order valence-corrected chi connectivity index (χ2v) is 6.44. The first kappa shape index (κ1) is 22.7. The third kappa shape index (κ3) is 5.82. The molecule has 5 nitrogen and oxygen atoms in total. The first-order valence-electron chi connectivity index (χ1n) is 8.54. The molecule has 0 aromatic heterocycles. The third-order valence-electron chi connectivity index (χ3n) is 4.44. The fourth-order valence-corrected chi connectivity index (χ4v) is 2.55. The summed E-state index contributed by atoms with van der Waals surface area (Å²) in [6, 6.07) is 9.29. The molecule has 0 aliphatic heterocycles. The Bertz CT molecular complexity index is 834. The molecule has 0 aliphatic rings. The molecule has 0 saturated heterocycles. The van der Waals surface area contributed by atoms with Gasteiger partial charge in [0.25, 0.3) is 5.91 Å². The van der Waals surface area contributed by atoms with Crippen LogP contribution in [0.5, 0.6) is 5.75 Å². The van der Waals surface area contributed by atoms with Crippen LogP contribution in [0, 0.1) is 20.8 Å². The molecular formula is C21H27ClN2O3. The van der Waals surface area contributed by atoms with Crippen molar-refractivity contribution in [3.05, 3.63) is 58.1 Å². The number of halogens is 1. The number of aryl methyl sites for hydroxylation is 2. The monoisotopic (exact) mass is 390 g/mol. The van der Waals surface area contributed by atoms with Crippen LogP contribution in [0.3, 0.4) is 0 Å². The van der Waals surface area contributed by atoms with Crippen molar-refractivity contribution in [1.29, 1.82) is 0 Å². The van der Waals surface area contributed by atoms with E-state index in [1.807, 2.05) is 50.3 Å². The van der Waals surface area contributed by atoms with Gasteiger partial charge >= 0.3 is 0 Å². The molecule has 0 aliphatic carbocycles. The van der Waals surface area contributed by atoms with Crippen LogP contribution in [-0.2, 0) is 4.79 Å². The number of aliphatic hydroxyl groups is 1. The van der Waals surface area contributed by atoms with E-state index < -0.39 is 6.04 Å². The number of benzene rings is 2. The van der Waals surface area contributed by atoms with E-state index in [-0.39, 0.29) is 24.9 Å². The van der Waals surface area contributed by atoms with Crippen LogP contribution in [0.1, 0.15) is 27.8 Å². The SMILES string of the molecule is COc1cc(/C=C\c2ccc(C)c(NC(=O)[C@@H]([NH3+])CO)c2)cc(C)c1C.[Cl-]. The van der Waals surface area contributed by atoms with Gasteiger partial charge in [0, 0.05) is 5.69 Å². The van der Waals surface area contributed by atoms with Crippen LogP contribution in [0.2, 0.25) is 0 Å². The highest BCUT2D eigenvalue weighted by Crippen LogP contribution is 2.25. The maximum absolute atomic E-state index is 12.0. The summed E-state index contributed by atoms with van der Waals surface area (Å²) in [5.41, 5.74) is 9.62. The number of rotatable bonds is 6. The highest BCUT2D eigenvalue weighted by atomic mass is 35.5. The molecule has 5 N–H and O–H groups in total. The van der Waals surface area contributed by atoms with Crippen molar-refractivity contribution in [1.82, 2.24) is 0 Å². The Morgan fingerprint density at radius 3 is 2.44 bits per heavy atom. The fourth-order valence-electron chi connectivity index (χ4n) is 2.55. The number of nitrogens with one attached hydrogen (secondary N) is 1. The second kappa shape index (κ2) is 10.1. The standard InChI is InChI=1S/C21H26N2O3.ClH/c1-13-5-6-16(10-19(13)23-21(25)18(22)12-24)7-8-17-9-14(2)15(3)20(11-17)26-4;/h5-11,18,24H,12,22H2,1-4H3,(H,23,25);1H/b8-7-;/t18-;/m0./s1. The zero-order valence-corrected chi connectivity index (χ0v) is 16.9. The average molecular weight is 391 g/mol. The van der Waals surface area contributed by atoms with E-state index >= 15 is 0 Å². The van der Waals surface area contributed by atoms with Gasteiger partial charge in [-0.2, -0.15) is 0 Å². The number of carbonyl (C=O) groups excluding carboxylic acids is 1. The van der Waals surface area contributed by atoms with Crippen molar-refractivity contribution < 1.29 is 32.8 Å². The second-order valence-electron chi connectivity index (χ2n) is 6.44. The van der Waals surface area contributed by atoms with Gasteiger partial charge in [0.05, 0.1) is 7.11 Å². The van der Waals surface area contributed by atoms with E-state index in [0.29, 0.717) is 0 Å². The summed E-state index contributed by atoms with van der Waals surface area (Å²) in [6.45, 7) is 5.75. The summed E-state index contributed by atoms with van der Waals surface area (Å²) < 4.78 is 5.42. The van der Waals surface area contributed by atoms with Crippen LogP contribution >= 0.6 is 0 Å². The summed E-state index contributed by atoms with van der Waals surface area (Å²) in [5.74, 6) is 0.572. The molecule has 0 spiro atoms. The normalized spacial score (nSPS) is 11.8. The van der Waals surface area contributed by atoms with Gasteiger partial charge in [-0.05, 0) is 60.7 Å². The number of hydrogen-bond acceptors (Lipinski definition) is 3. The number of methoxy groups -OCH3 is 1. The molecule has 6 heteroatoms. The molecule has 1 atom stereocenters. The van der Waals surface area contributed by atoms with Gasteiger partial charge in [-0.3, -0.25) is 4.79 Å². The first-order chi connectivity index (χ1) is 12.3. The Kier molecular flexibility index (Phi) is 8.50. The summed E-state index contributed by atoms with van der Waals surface area (Å²) >= 11 is 0. The molecule has 1 amide bonds. The number of anilines is 1. The summed E-state index contributed by atoms with van der Waals surface area (Å²) in [5, 5.41) is 11.9. The lowest BCUT2D eigenvalue weighted by Crippen LogP contribution is -3.00. The van der Waals surface area contributed by atoms with Crippen molar-refractivity contribution >= 4 is 23.7 Å². The first-order valence-corrected chi connectivity index (χ1v) is 8.54. The van der Waals surface area contributed by atoms with Crippen LogP contribution in [0.15, 0.2) is 30.3 Å². The molecule has 0 bridgehead atoms. The Labute approximate surface area is 166 Å². The predicted octanol–water partition coefficient (Wildman–Crippen LogP) is -0.664. The number of amides is 1. The third-order valence-corrected chi connectivity index (χ3v) is 4.44. The molecule has 0 unspecified atom stereocenters. The van der Waals surface area contributed by atoms with E-state index in [2.05, 4.69) is 24.0 Å². The van der Waals surface area contributed by atoms with E-state index in [9.17, 15) is 4.79 Å². The van der Waals surface area contributed by atoms with E-state index in [4.69, 9.17) is 9.84 Å². The minimum absolute atomic E-state index is 0. The molecule has 2 rings (SSSR count). The maximum atomic E-state index is 12.0. The lowest BCUT2D eigenvalue weighted by Gasteiger charge is -2.11. The number of aliphatic hydroxyl groups excluding tert-OH is 1. The number of carbonyl (C=O) groups is 1. The maximum Gasteiger partial charge on any atom is 0.284 e. The lowest BCUT2D eigenvalue weighted by atomic mass is 10.0. The predicted molar refractivity (Wildman–Crippen MR) is 105 cm³/mol. The van der Waals surface area contributed by atoms with Crippen LogP contribution in [-0.4, -0.2) is 30.8 Å². The van der Waals surface area contributed by atoms with Crippen molar-refractivity contribution in [2.45, 2.75) is 26.8 Å². The molecule has 2 aromatic rings. The Balaban J connectivity index is 0.00000364. The zero-order chi connectivity index (χ0) is 19.3. The molecular weight excluding hydrogens is 364 g/mol. The molecule has 0 radical (unpaired) electrons. The zero-order valence-electron chi connectivity index (χ0n) is 16.2. The molecule has 146 valence electrons. The van der Waals surface area contributed by atoms with Crippen LogP contribution in [0.25, 0.3) is 12.2 Å². The van der Waals surface area contributed by atoms with Gasteiger partial charge in [-0.25, -0.2) is 0 Å². The largest absolute Gasteiger partial charge is 1.00 e. The highest BCUT2D eigenvalue weighted by molar-refractivity contribution is 5.94. The Hall–Kier alpha value is -2.34. The number of quaternary nitrogens is 1. The number of ether oxygens (including phenoxy) is 1. The molecule has 0 fully saturated rings. The van der Waals surface area contributed by atoms with Gasteiger partial charge in [-0.15, -0.1) is 0 Å². The van der Waals surface area contributed by atoms with Crippen LogP contribution < -0.4 is 28.2 Å². The molecule has 27 heavy (non-hydrogen) atoms. The van der Waals surface area contributed by atoms with Gasteiger partial charge in [0.2, 0.25) is 0 Å². The summed E-state index contributed by atoms with van der Waals surface area (Å²) in [6.07, 6.45) is 4.01. The van der Waals surface area contributed by atoms with Crippen molar-refractivity contribution in [3.8, 4) is 5.75 Å². The Morgan fingerprint density at radius 1 is 1.15 bits per heavy atom. The van der Waals surface area contributed by atoms with Gasteiger partial charge in [-0.1, -0.05) is 30.4 Å². The highest BCUT2D eigenvalue weighted by Gasteiger charge is 2.16.